The summed E-state index contributed by atoms with van der Waals surface area (Å²) in [5, 5.41) is 4.90. The van der Waals surface area contributed by atoms with Crippen LogP contribution in [0, 0.1) is 0 Å². The quantitative estimate of drug-likeness (QED) is 0.249. The second-order valence-corrected chi connectivity index (χ2v) is 21.2. The van der Waals surface area contributed by atoms with Gasteiger partial charge in [0, 0.05) is 0 Å². The van der Waals surface area contributed by atoms with Gasteiger partial charge in [0.25, 0.3) is 0 Å². The second kappa shape index (κ2) is 6.96. The van der Waals surface area contributed by atoms with Gasteiger partial charge in [-0.3, -0.25) is 0 Å². The molecule has 0 radical (unpaired) electrons. The van der Waals surface area contributed by atoms with E-state index in [-0.39, 0.29) is 5.41 Å². The molecular weight excluding hydrogens is 439 g/mol. The van der Waals surface area contributed by atoms with E-state index in [1.807, 2.05) is 6.20 Å². The van der Waals surface area contributed by atoms with Gasteiger partial charge >= 0.3 is 187 Å². The van der Waals surface area contributed by atoms with Crippen molar-refractivity contribution in [2.24, 2.45) is 0 Å². The van der Waals surface area contributed by atoms with E-state index in [0.717, 1.165) is 27.8 Å². The van der Waals surface area contributed by atoms with Crippen molar-refractivity contribution < 1.29 is 4.42 Å². The van der Waals surface area contributed by atoms with Crippen molar-refractivity contribution in [3.63, 3.8) is 0 Å². The Labute approximate surface area is 186 Å². The van der Waals surface area contributed by atoms with Crippen LogP contribution in [0.2, 0.25) is 17.3 Å². The topological polar surface area (TPSA) is 26.0 Å². The van der Waals surface area contributed by atoms with E-state index in [4.69, 9.17) is 9.40 Å². The van der Waals surface area contributed by atoms with Crippen molar-refractivity contribution in [2.45, 2.75) is 43.5 Å². The molecule has 0 N–H and O–H groups in total. The SMILES string of the molecule is CC(C)(C)c1cc(-c2nccc3c2oc2cc[c]([Ge]([CH3])([CH3])[CH3])cc23)cc2ccccc12. The van der Waals surface area contributed by atoms with E-state index in [2.05, 4.69) is 98.7 Å². The van der Waals surface area contributed by atoms with Crippen LogP contribution < -0.4 is 4.40 Å². The summed E-state index contributed by atoms with van der Waals surface area (Å²) in [6.07, 6.45) is 1.92. The van der Waals surface area contributed by atoms with E-state index in [9.17, 15) is 0 Å². The predicted octanol–water partition coefficient (Wildman–Crippen LogP) is 7.64. The molecule has 0 unspecified atom stereocenters. The third-order valence-corrected chi connectivity index (χ3v) is 10.5. The molecule has 2 nitrogen and oxygen atoms in total. The van der Waals surface area contributed by atoms with Gasteiger partial charge in [0.05, 0.1) is 0 Å². The number of benzene rings is 3. The third kappa shape index (κ3) is 3.47. The third-order valence-electron chi connectivity index (χ3n) is 6.20. The molecule has 5 aromatic rings. The minimum atomic E-state index is -1.93. The van der Waals surface area contributed by atoms with Gasteiger partial charge < -0.3 is 0 Å². The number of aromatic nitrogens is 1. The molecule has 31 heavy (non-hydrogen) atoms. The first-order valence-corrected chi connectivity index (χ1v) is 18.3. The Morgan fingerprint density at radius 1 is 0.806 bits per heavy atom. The van der Waals surface area contributed by atoms with Gasteiger partial charge in [-0.1, -0.05) is 0 Å². The fourth-order valence-corrected chi connectivity index (χ4v) is 6.88. The second-order valence-electron chi connectivity index (χ2n) is 10.6. The minimum absolute atomic E-state index is 0.0330. The summed E-state index contributed by atoms with van der Waals surface area (Å²) in [4.78, 5) is 4.79. The average Bonchev–Trinajstić information content (AvgIpc) is 3.09. The van der Waals surface area contributed by atoms with Crippen molar-refractivity contribution >= 4 is 50.4 Å². The van der Waals surface area contributed by atoms with Crippen LogP contribution in [-0.4, -0.2) is 18.3 Å². The zero-order chi connectivity index (χ0) is 22.0. The van der Waals surface area contributed by atoms with Crippen molar-refractivity contribution in [3.8, 4) is 11.3 Å². The molecule has 2 aromatic heterocycles. The van der Waals surface area contributed by atoms with Crippen LogP contribution in [0.1, 0.15) is 26.3 Å². The summed E-state index contributed by atoms with van der Waals surface area (Å²) < 4.78 is 7.90. The Kier molecular flexibility index (Phi) is 4.56. The summed E-state index contributed by atoms with van der Waals surface area (Å²) in [6, 6.07) is 22.0. The van der Waals surface area contributed by atoms with Gasteiger partial charge in [-0.2, -0.15) is 0 Å². The van der Waals surface area contributed by atoms with Crippen LogP contribution in [0.3, 0.4) is 0 Å². The van der Waals surface area contributed by atoms with Crippen molar-refractivity contribution in [1.82, 2.24) is 4.98 Å². The van der Waals surface area contributed by atoms with Gasteiger partial charge in [0.1, 0.15) is 0 Å². The van der Waals surface area contributed by atoms with E-state index in [1.54, 1.807) is 0 Å². The van der Waals surface area contributed by atoms with Crippen LogP contribution in [-0.2, 0) is 5.41 Å². The van der Waals surface area contributed by atoms with Gasteiger partial charge in [0.15, 0.2) is 0 Å². The normalized spacial score (nSPS) is 12.8. The van der Waals surface area contributed by atoms with Crippen LogP contribution >= 0.6 is 0 Å². The number of furan rings is 1. The van der Waals surface area contributed by atoms with Crippen molar-refractivity contribution in [2.75, 3.05) is 0 Å². The van der Waals surface area contributed by atoms with E-state index in [0.29, 0.717) is 0 Å². The Balaban J connectivity index is 1.81. The summed E-state index contributed by atoms with van der Waals surface area (Å²) in [7, 11) is 0. The number of hydrogen-bond acceptors (Lipinski definition) is 2. The fraction of sp³-hybridized carbons (Fsp3) is 0.250. The summed E-state index contributed by atoms with van der Waals surface area (Å²) >= 11 is -1.93. The van der Waals surface area contributed by atoms with Crippen LogP contribution in [0.4, 0.5) is 0 Å². The van der Waals surface area contributed by atoms with Crippen molar-refractivity contribution in [3.05, 3.63) is 72.4 Å². The Bertz CT molecular complexity index is 1450. The molecule has 5 rings (SSSR count). The Morgan fingerprint density at radius 3 is 2.32 bits per heavy atom. The fourth-order valence-electron chi connectivity index (χ4n) is 4.44. The van der Waals surface area contributed by atoms with E-state index >= 15 is 0 Å². The molecular formula is C28H29GeNO. The van der Waals surface area contributed by atoms with Crippen LogP contribution in [0.25, 0.3) is 44.0 Å². The molecule has 156 valence electrons. The average molecular weight is 468 g/mol. The van der Waals surface area contributed by atoms with Crippen molar-refractivity contribution in [1.29, 1.82) is 0 Å². The molecule has 2 heterocycles. The first-order chi connectivity index (χ1) is 14.6. The molecule has 0 aliphatic heterocycles. The van der Waals surface area contributed by atoms with Gasteiger partial charge in [-0.15, -0.1) is 0 Å². The molecule has 0 fully saturated rings. The summed E-state index contributed by atoms with van der Waals surface area (Å²) in [5.74, 6) is 7.29. The number of pyridine rings is 1. The first kappa shape index (κ1) is 20.3. The maximum atomic E-state index is 6.40. The standard InChI is InChI=1S/C28H29GeNO/c1-28(2,3)24-16-19(15-18-9-7-8-10-21(18)24)26-27-22(13-14-30-26)23-17-20(29(4,5)6)11-12-25(23)31-27/h7-17H,1-6H3. The molecule has 0 saturated heterocycles. The number of fused-ring (bicyclic) bond motifs is 4. The molecule has 0 saturated carbocycles. The zero-order valence-corrected chi connectivity index (χ0v) is 21.3. The number of nitrogens with zero attached hydrogens (tertiary/aromatic N) is 1. The monoisotopic (exact) mass is 469 g/mol. The number of rotatable bonds is 2. The molecule has 0 amide bonds. The van der Waals surface area contributed by atoms with Crippen LogP contribution in [0.15, 0.2) is 71.3 Å². The van der Waals surface area contributed by atoms with Gasteiger partial charge in [-0.05, 0) is 0 Å². The first-order valence-electron chi connectivity index (χ1n) is 11.0. The Morgan fingerprint density at radius 2 is 1.58 bits per heavy atom. The van der Waals surface area contributed by atoms with Crippen LogP contribution in [0.5, 0.6) is 0 Å². The number of hydrogen-bond donors (Lipinski definition) is 0. The predicted molar refractivity (Wildman–Crippen MR) is 136 cm³/mol. The molecule has 0 bridgehead atoms. The molecule has 0 spiro atoms. The molecule has 0 atom stereocenters. The maximum absolute atomic E-state index is 6.40. The molecule has 3 aromatic carbocycles. The Hall–Kier alpha value is -2.59. The molecule has 0 aliphatic rings. The van der Waals surface area contributed by atoms with Gasteiger partial charge in [-0.25, -0.2) is 0 Å². The van der Waals surface area contributed by atoms with E-state index in [1.165, 1.54) is 26.1 Å². The molecule has 3 heteroatoms. The summed E-state index contributed by atoms with van der Waals surface area (Å²) in [5.41, 5.74) is 5.22. The van der Waals surface area contributed by atoms with Gasteiger partial charge in [0.2, 0.25) is 0 Å². The van der Waals surface area contributed by atoms with E-state index < -0.39 is 13.3 Å². The zero-order valence-electron chi connectivity index (χ0n) is 19.2. The molecule has 0 aliphatic carbocycles. The summed E-state index contributed by atoms with van der Waals surface area (Å²) in [6.45, 7) is 6.81.